The Bertz CT molecular complexity index is 1660. The fourth-order valence-corrected chi connectivity index (χ4v) is 12.4. The van der Waals surface area contributed by atoms with Crippen LogP contribution in [0.15, 0.2) is 24.3 Å². The zero-order chi connectivity index (χ0) is 47.3. The Kier molecular flexibility index (Phi) is 17.8. The van der Waals surface area contributed by atoms with E-state index < -0.39 is 78.3 Å². The minimum absolute atomic E-state index is 0.0538. The quantitative estimate of drug-likeness (QED) is 0.0510. The molecule has 0 spiro atoms. The van der Waals surface area contributed by atoms with Crippen LogP contribution < -0.4 is 5.32 Å². The van der Waals surface area contributed by atoms with Crippen molar-refractivity contribution in [1.82, 2.24) is 5.32 Å². The van der Waals surface area contributed by atoms with Crippen LogP contribution in [0.2, 0.25) is 0 Å². The van der Waals surface area contributed by atoms with Crippen molar-refractivity contribution in [3.8, 4) is 0 Å². The number of alkyl carbamates (subject to hydrolysis) is 1. The number of ether oxygens (including phenoxy) is 6. The summed E-state index contributed by atoms with van der Waals surface area (Å²) in [6.45, 7) is 14.0. The van der Waals surface area contributed by atoms with Crippen LogP contribution in [0.5, 0.6) is 0 Å². The van der Waals surface area contributed by atoms with Gasteiger partial charge >= 0.3 is 12.1 Å². The van der Waals surface area contributed by atoms with Gasteiger partial charge in [-0.1, -0.05) is 78.2 Å². The minimum atomic E-state index is -1.65. The molecule has 9 unspecified atom stereocenters. The number of rotatable bonds is 20. The smallest absolute Gasteiger partial charge is 0.407 e. The summed E-state index contributed by atoms with van der Waals surface area (Å²) in [5.74, 6) is -0.385. The second-order valence-electron chi connectivity index (χ2n) is 20.8. The van der Waals surface area contributed by atoms with Gasteiger partial charge in [0.05, 0.1) is 19.3 Å². The molecule has 7 N–H and O–H groups in total. The van der Waals surface area contributed by atoms with Gasteiger partial charge in [-0.3, -0.25) is 9.59 Å². The van der Waals surface area contributed by atoms with Crippen LogP contribution >= 0.6 is 0 Å². The summed E-state index contributed by atoms with van der Waals surface area (Å²) in [6.07, 6.45) is 1.24. The molecule has 6 aliphatic rings. The fraction of sp³-hybridized carbons (Fsp3) is 0.857. The molecule has 5 fully saturated rings. The average Bonchev–Trinajstić information content (AvgIpc) is 3.50. The van der Waals surface area contributed by atoms with E-state index in [1.165, 1.54) is 5.57 Å². The minimum Gasteiger partial charge on any atom is -0.461 e. The number of carbonyl (C=O) groups is 3. The number of ketones is 1. The zero-order valence-electron chi connectivity index (χ0n) is 39.3. The third kappa shape index (κ3) is 11.2. The molecule has 6 rings (SSSR count). The molecule has 0 aromatic heterocycles. The van der Waals surface area contributed by atoms with E-state index in [1.54, 1.807) is 13.0 Å². The first-order chi connectivity index (χ1) is 30.8. The molecule has 3 saturated carbocycles. The molecule has 2 heterocycles. The van der Waals surface area contributed by atoms with E-state index in [2.05, 4.69) is 45.7 Å². The highest BCUT2D eigenvalue weighted by Crippen LogP contribution is 2.69. The zero-order valence-corrected chi connectivity index (χ0v) is 39.3. The molecule has 17 atom stereocenters. The number of aliphatic hydroxyl groups excluding tert-OH is 5. The Labute approximate surface area is 384 Å². The fourth-order valence-electron chi connectivity index (χ4n) is 12.4. The molecule has 16 nitrogen and oxygen atoms in total. The van der Waals surface area contributed by atoms with Gasteiger partial charge in [-0.15, -0.1) is 0 Å². The van der Waals surface area contributed by atoms with E-state index in [0.717, 1.165) is 57.8 Å². The molecule has 370 valence electrons. The highest BCUT2D eigenvalue weighted by Gasteiger charge is 2.70. The van der Waals surface area contributed by atoms with Gasteiger partial charge in [0, 0.05) is 37.1 Å². The molecule has 0 bridgehead atoms. The van der Waals surface area contributed by atoms with Crippen LogP contribution in [0.25, 0.3) is 0 Å². The molecular weight excluding hydrogens is 843 g/mol. The predicted molar refractivity (Wildman–Crippen MR) is 237 cm³/mol. The van der Waals surface area contributed by atoms with Gasteiger partial charge in [-0.25, -0.2) is 4.79 Å². The maximum atomic E-state index is 14.1. The number of carbonyl (C=O) groups excluding carboxylic acids is 3. The molecule has 16 heteroatoms. The van der Waals surface area contributed by atoms with Crippen LogP contribution in [-0.4, -0.2) is 142 Å². The van der Waals surface area contributed by atoms with Gasteiger partial charge in [0.2, 0.25) is 0 Å². The van der Waals surface area contributed by atoms with Gasteiger partial charge in [-0.2, -0.15) is 0 Å². The number of allylic oxidation sites excluding steroid dienone is 1. The Hall–Kier alpha value is -2.51. The standard InChI is InChI=1S/C49H79NO15/c1-7-23-60-39(54)13-11-9-8-10-12-22-50-46(58)63-31-18-20-47(5)30(24-31)15-16-32-33(47)19-21-48(6)34(32)25-38(49(48,59)29(4)35(51)17-14-28(2)3)64-45-42(57)43(37(53)27-62-45)65-44-41(56)40(55)36(52)26-61-44/h7,15,28-29,31-34,36-38,40-45,52-53,55-57,59H,1,8-14,16-27H2,2-6H3,(H,50,58)/t29-,31+,32-,33?,34+,36?,37?,38+,40?,41?,42?,43?,44?,45?,47+,48+,49-/m1/s1. The largest absolute Gasteiger partial charge is 0.461 e. The van der Waals surface area contributed by atoms with Crippen molar-refractivity contribution in [1.29, 1.82) is 0 Å². The third-order valence-electron chi connectivity index (χ3n) is 16.4. The summed E-state index contributed by atoms with van der Waals surface area (Å²) < 4.78 is 34.7. The number of unbranched alkanes of at least 4 members (excludes halogenated alkanes) is 4. The lowest BCUT2D eigenvalue weighted by atomic mass is 9.46. The predicted octanol–water partition coefficient (Wildman–Crippen LogP) is 4.38. The van der Waals surface area contributed by atoms with Gasteiger partial charge < -0.3 is 64.4 Å². The molecule has 4 aliphatic carbocycles. The highest BCUT2D eigenvalue weighted by atomic mass is 16.7. The van der Waals surface area contributed by atoms with Crippen LogP contribution in [0.4, 0.5) is 4.79 Å². The van der Waals surface area contributed by atoms with Crippen molar-refractivity contribution >= 4 is 17.8 Å². The lowest BCUT2D eigenvalue weighted by Crippen LogP contribution is -2.63. The summed E-state index contributed by atoms with van der Waals surface area (Å²) in [4.78, 5) is 38.6. The van der Waals surface area contributed by atoms with Gasteiger partial charge in [-0.05, 0) is 86.9 Å². The van der Waals surface area contributed by atoms with Crippen LogP contribution in [-0.2, 0) is 38.0 Å². The first-order valence-corrected chi connectivity index (χ1v) is 24.5. The molecule has 2 saturated heterocycles. The molecule has 0 aromatic carbocycles. The number of amides is 1. The van der Waals surface area contributed by atoms with Crippen LogP contribution in [0.3, 0.4) is 0 Å². The molecule has 0 radical (unpaired) electrons. The van der Waals surface area contributed by atoms with Crippen molar-refractivity contribution in [3.63, 3.8) is 0 Å². The number of hydrogen-bond acceptors (Lipinski definition) is 15. The Morgan fingerprint density at radius 3 is 2.29 bits per heavy atom. The van der Waals surface area contributed by atoms with E-state index in [4.69, 9.17) is 28.4 Å². The second-order valence-corrected chi connectivity index (χ2v) is 20.8. The SMILES string of the molecule is C=CCOC(=O)CCCCCCCNC(=O)O[C@H]1CC[C@@]2(C)C(=CC[C@@H]3C2CC[C@@]2(C)[C@H]3C[C@H](OC3OCC(O)C(OC4OCC(O)C(O)C4O)C3O)[C@]2(O)[C@H](C)C(=O)CCC(C)C)C1. The maximum Gasteiger partial charge on any atom is 0.407 e. The molecule has 0 aromatic rings. The average molecular weight is 922 g/mol. The summed E-state index contributed by atoms with van der Waals surface area (Å²) in [5.41, 5.74) is -1.22. The number of nitrogens with one attached hydrogen (secondary N) is 1. The van der Waals surface area contributed by atoms with E-state index in [0.29, 0.717) is 51.0 Å². The number of hydrogen-bond donors (Lipinski definition) is 7. The summed E-state index contributed by atoms with van der Waals surface area (Å²) in [5, 5.41) is 69.5. The first kappa shape index (κ1) is 51.9. The van der Waals surface area contributed by atoms with Crippen molar-refractivity contribution in [2.75, 3.05) is 26.4 Å². The van der Waals surface area contributed by atoms with E-state index >= 15 is 0 Å². The number of aliphatic hydroxyl groups is 6. The van der Waals surface area contributed by atoms with Crippen LogP contribution in [0.1, 0.15) is 131 Å². The van der Waals surface area contributed by atoms with Gasteiger partial charge in [0.25, 0.3) is 0 Å². The number of Topliss-reactive ketones (excluding diaryl/α,β-unsaturated/α-hetero) is 1. The monoisotopic (exact) mass is 922 g/mol. The van der Waals surface area contributed by atoms with E-state index in [1.807, 2.05) is 0 Å². The Morgan fingerprint density at radius 1 is 0.877 bits per heavy atom. The number of fused-ring (bicyclic) bond motifs is 5. The van der Waals surface area contributed by atoms with Crippen molar-refractivity contribution in [3.05, 3.63) is 24.3 Å². The van der Waals surface area contributed by atoms with Gasteiger partial charge in [0.15, 0.2) is 12.6 Å². The third-order valence-corrected chi connectivity index (χ3v) is 16.4. The summed E-state index contributed by atoms with van der Waals surface area (Å²) in [6, 6.07) is 0. The van der Waals surface area contributed by atoms with Crippen molar-refractivity contribution in [2.24, 2.45) is 40.4 Å². The van der Waals surface area contributed by atoms with Gasteiger partial charge in [0.1, 0.15) is 60.7 Å². The number of esters is 1. The van der Waals surface area contributed by atoms with Crippen LogP contribution in [0, 0.1) is 40.4 Å². The van der Waals surface area contributed by atoms with Crippen molar-refractivity contribution < 1.29 is 73.4 Å². The Morgan fingerprint density at radius 2 is 1.57 bits per heavy atom. The van der Waals surface area contributed by atoms with Crippen molar-refractivity contribution in [2.45, 2.75) is 198 Å². The lowest BCUT2D eigenvalue weighted by molar-refractivity contribution is -0.344. The summed E-state index contributed by atoms with van der Waals surface area (Å²) in [7, 11) is 0. The molecule has 65 heavy (non-hydrogen) atoms. The Balaban J connectivity index is 1.10. The molecular formula is C49H79NO15. The maximum absolute atomic E-state index is 14.1. The second kappa shape index (κ2) is 22.3. The molecule has 2 aliphatic heterocycles. The highest BCUT2D eigenvalue weighted by molar-refractivity contribution is 5.82. The first-order valence-electron chi connectivity index (χ1n) is 24.5. The lowest BCUT2D eigenvalue weighted by Gasteiger charge is -2.59. The topological polar surface area (TPSA) is 240 Å². The normalized spacial score (nSPS) is 40.7. The molecule has 1 amide bonds. The van der Waals surface area contributed by atoms with E-state index in [-0.39, 0.29) is 60.8 Å². The summed E-state index contributed by atoms with van der Waals surface area (Å²) >= 11 is 0. The van der Waals surface area contributed by atoms with E-state index in [9.17, 15) is 45.0 Å².